The van der Waals surface area contributed by atoms with Gasteiger partial charge in [0, 0.05) is 23.9 Å². The monoisotopic (exact) mass is 392 g/mol. The third-order valence-corrected chi connectivity index (χ3v) is 5.22. The number of pyridine rings is 1. The molecule has 0 spiro atoms. The molecule has 1 amide bonds. The molecule has 29 heavy (non-hydrogen) atoms. The van der Waals surface area contributed by atoms with E-state index >= 15 is 0 Å². The molecular formula is C22H24N4O3. The number of hydrogen-bond acceptors (Lipinski definition) is 5. The van der Waals surface area contributed by atoms with Gasteiger partial charge in [0.2, 0.25) is 11.7 Å². The van der Waals surface area contributed by atoms with Crippen LogP contribution in [0.2, 0.25) is 0 Å². The van der Waals surface area contributed by atoms with Crippen LogP contribution in [0.15, 0.2) is 51.9 Å². The quantitative estimate of drug-likeness (QED) is 0.719. The van der Waals surface area contributed by atoms with Gasteiger partial charge < -0.3 is 14.4 Å². The molecule has 2 heterocycles. The van der Waals surface area contributed by atoms with Crippen molar-refractivity contribution in [1.29, 1.82) is 0 Å². The minimum absolute atomic E-state index is 0.0257. The summed E-state index contributed by atoms with van der Waals surface area (Å²) in [5, 5.41) is 7.08. The minimum Gasteiger partial charge on any atom is -0.352 e. The molecule has 1 aromatic carbocycles. The summed E-state index contributed by atoms with van der Waals surface area (Å²) in [7, 11) is 0. The molecule has 7 heteroatoms. The second kappa shape index (κ2) is 8.43. The molecule has 0 bridgehead atoms. The largest absolute Gasteiger partial charge is 0.352 e. The maximum atomic E-state index is 12.4. The lowest BCUT2D eigenvalue weighted by Crippen LogP contribution is -2.39. The first-order valence-corrected chi connectivity index (χ1v) is 9.99. The molecule has 150 valence electrons. The highest BCUT2D eigenvalue weighted by Crippen LogP contribution is 2.22. The summed E-state index contributed by atoms with van der Waals surface area (Å²) >= 11 is 0. The summed E-state index contributed by atoms with van der Waals surface area (Å²) in [6.45, 7) is 1.97. The number of carbonyl (C=O) groups is 1. The first-order valence-electron chi connectivity index (χ1n) is 9.99. The number of rotatable bonds is 5. The van der Waals surface area contributed by atoms with Crippen molar-refractivity contribution in [2.75, 3.05) is 0 Å². The van der Waals surface area contributed by atoms with Gasteiger partial charge in [-0.15, -0.1) is 0 Å². The lowest BCUT2D eigenvalue weighted by atomic mass is 9.95. The topological polar surface area (TPSA) is 90.0 Å². The van der Waals surface area contributed by atoms with Gasteiger partial charge in [-0.1, -0.05) is 48.2 Å². The van der Waals surface area contributed by atoms with Gasteiger partial charge in [0.25, 0.3) is 11.4 Å². The number of aryl methyl sites for hydroxylation is 1. The molecule has 1 aliphatic carbocycles. The Balaban J connectivity index is 1.51. The fourth-order valence-corrected chi connectivity index (χ4v) is 3.70. The Morgan fingerprint density at radius 3 is 2.79 bits per heavy atom. The Morgan fingerprint density at radius 1 is 1.17 bits per heavy atom. The summed E-state index contributed by atoms with van der Waals surface area (Å²) in [4.78, 5) is 29.0. The molecule has 0 atom stereocenters. The highest BCUT2D eigenvalue weighted by atomic mass is 16.5. The first-order chi connectivity index (χ1) is 14.1. The molecule has 3 aromatic rings. The normalized spacial score (nSPS) is 14.7. The van der Waals surface area contributed by atoms with E-state index < -0.39 is 0 Å². The van der Waals surface area contributed by atoms with Crippen LogP contribution in [-0.2, 0) is 11.3 Å². The van der Waals surface area contributed by atoms with E-state index in [9.17, 15) is 9.59 Å². The van der Waals surface area contributed by atoms with E-state index in [0.717, 1.165) is 36.8 Å². The van der Waals surface area contributed by atoms with Crippen LogP contribution in [0.25, 0.3) is 22.8 Å². The maximum Gasteiger partial charge on any atom is 0.259 e. The highest BCUT2D eigenvalue weighted by Gasteiger charge is 2.17. The minimum atomic E-state index is -0.244. The molecule has 0 unspecified atom stereocenters. The van der Waals surface area contributed by atoms with Crippen LogP contribution in [0.3, 0.4) is 0 Å². The predicted octanol–water partition coefficient (Wildman–Crippen LogP) is 3.32. The Hall–Kier alpha value is -3.22. The highest BCUT2D eigenvalue weighted by molar-refractivity contribution is 5.76. The predicted molar refractivity (Wildman–Crippen MR) is 109 cm³/mol. The number of benzene rings is 1. The zero-order valence-corrected chi connectivity index (χ0v) is 16.4. The van der Waals surface area contributed by atoms with Gasteiger partial charge in [0.05, 0.1) is 5.56 Å². The molecule has 0 saturated heterocycles. The third-order valence-electron chi connectivity index (χ3n) is 5.22. The molecule has 0 radical (unpaired) electrons. The number of aromatic nitrogens is 3. The zero-order chi connectivity index (χ0) is 20.2. The summed E-state index contributed by atoms with van der Waals surface area (Å²) < 4.78 is 6.77. The fraction of sp³-hybridized carbons (Fsp3) is 0.364. The van der Waals surface area contributed by atoms with Crippen LogP contribution >= 0.6 is 0 Å². The van der Waals surface area contributed by atoms with Crippen molar-refractivity contribution in [3.63, 3.8) is 0 Å². The molecule has 7 nitrogen and oxygen atoms in total. The SMILES string of the molecule is Cc1cccc(-c2noc(-c3ccc(=O)n(CC(=O)NC4CCCCC4)c3)n2)c1. The number of amides is 1. The molecule has 1 fully saturated rings. The van der Waals surface area contributed by atoms with Gasteiger partial charge in [-0.25, -0.2) is 0 Å². The Bertz CT molecular complexity index is 1060. The van der Waals surface area contributed by atoms with Gasteiger partial charge in [-0.2, -0.15) is 4.98 Å². The van der Waals surface area contributed by atoms with Gasteiger partial charge in [-0.05, 0) is 31.9 Å². The van der Waals surface area contributed by atoms with Crippen molar-refractivity contribution in [1.82, 2.24) is 20.0 Å². The molecule has 1 aliphatic rings. The van der Waals surface area contributed by atoms with Crippen molar-refractivity contribution in [3.8, 4) is 22.8 Å². The lowest BCUT2D eigenvalue weighted by molar-refractivity contribution is -0.122. The number of nitrogens with zero attached hydrogens (tertiary/aromatic N) is 3. The zero-order valence-electron chi connectivity index (χ0n) is 16.4. The van der Waals surface area contributed by atoms with Crippen molar-refractivity contribution in [2.45, 2.75) is 51.6 Å². The summed E-state index contributed by atoms with van der Waals surface area (Å²) in [5.41, 5.74) is 2.32. The molecule has 1 saturated carbocycles. The standard InChI is InChI=1S/C22H24N4O3/c1-15-6-5-7-16(12-15)21-24-22(29-25-21)17-10-11-20(28)26(13-17)14-19(27)23-18-8-3-2-4-9-18/h5-7,10-13,18H,2-4,8-9,14H2,1H3,(H,23,27). The Kier molecular flexibility index (Phi) is 5.55. The average molecular weight is 392 g/mol. The van der Waals surface area contributed by atoms with Crippen LogP contribution < -0.4 is 10.9 Å². The van der Waals surface area contributed by atoms with E-state index in [4.69, 9.17) is 4.52 Å². The van der Waals surface area contributed by atoms with Gasteiger partial charge >= 0.3 is 0 Å². The van der Waals surface area contributed by atoms with E-state index in [-0.39, 0.29) is 24.1 Å². The molecular weight excluding hydrogens is 368 g/mol. The van der Waals surface area contributed by atoms with Crippen molar-refractivity contribution in [3.05, 3.63) is 58.5 Å². The Morgan fingerprint density at radius 2 is 2.00 bits per heavy atom. The van der Waals surface area contributed by atoms with Crippen LogP contribution in [0.4, 0.5) is 0 Å². The van der Waals surface area contributed by atoms with Crippen LogP contribution in [0.1, 0.15) is 37.7 Å². The summed E-state index contributed by atoms with van der Waals surface area (Å²) in [6.07, 6.45) is 7.11. The molecule has 4 rings (SSSR count). The molecule has 0 aliphatic heterocycles. The van der Waals surface area contributed by atoms with E-state index in [1.54, 1.807) is 12.3 Å². The average Bonchev–Trinajstić information content (AvgIpc) is 3.21. The lowest BCUT2D eigenvalue weighted by Gasteiger charge is -2.22. The number of nitrogens with one attached hydrogen (secondary N) is 1. The van der Waals surface area contributed by atoms with Crippen LogP contribution in [-0.4, -0.2) is 26.7 Å². The number of hydrogen-bond donors (Lipinski definition) is 1. The van der Waals surface area contributed by atoms with Crippen LogP contribution in [0, 0.1) is 6.92 Å². The molecule has 1 N–H and O–H groups in total. The number of carbonyl (C=O) groups excluding carboxylic acids is 1. The van der Waals surface area contributed by atoms with E-state index in [1.807, 2.05) is 31.2 Å². The van der Waals surface area contributed by atoms with E-state index in [1.165, 1.54) is 17.1 Å². The molecule has 2 aromatic heterocycles. The Labute approximate surface area is 168 Å². The van der Waals surface area contributed by atoms with Gasteiger partial charge in [-0.3, -0.25) is 9.59 Å². The first kappa shape index (κ1) is 19.1. The second-order valence-electron chi connectivity index (χ2n) is 7.58. The summed E-state index contributed by atoms with van der Waals surface area (Å²) in [5.74, 6) is 0.640. The maximum absolute atomic E-state index is 12.4. The van der Waals surface area contributed by atoms with Gasteiger partial charge in [0.15, 0.2) is 0 Å². The summed E-state index contributed by atoms with van der Waals surface area (Å²) in [6, 6.07) is 11.1. The second-order valence-corrected chi connectivity index (χ2v) is 7.58. The smallest absolute Gasteiger partial charge is 0.259 e. The van der Waals surface area contributed by atoms with Crippen molar-refractivity contribution >= 4 is 5.91 Å². The fourth-order valence-electron chi connectivity index (χ4n) is 3.70. The van der Waals surface area contributed by atoms with Crippen molar-refractivity contribution in [2.24, 2.45) is 0 Å². The van der Waals surface area contributed by atoms with Gasteiger partial charge in [0.1, 0.15) is 6.54 Å². The third kappa shape index (κ3) is 4.62. The van der Waals surface area contributed by atoms with Crippen LogP contribution in [0.5, 0.6) is 0 Å². The van der Waals surface area contributed by atoms with Crippen molar-refractivity contribution < 1.29 is 9.32 Å². The van der Waals surface area contributed by atoms with E-state index in [2.05, 4.69) is 15.5 Å². The van der Waals surface area contributed by atoms with E-state index in [0.29, 0.717) is 17.3 Å².